The fraction of sp³-hybridized carbons (Fsp3) is 0.100. The maximum Gasteiger partial charge on any atom is 0.418 e. The maximum absolute atomic E-state index is 12.7. The molecule has 2 heterocycles. The van der Waals surface area contributed by atoms with Crippen molar-refractivity contribution in [1.29, 1.82) is 0 Å². The molecule has 0 aliphatic carbocycles. The quantitative estimate of drug-likeness (QED) is 0.828. The summed E-state index contributed by atoms with van der Waals surface area (Å²) in [5.74, 6) is 0. The highest BCUT2D eigenvalue weighted by atomic mass is 19.4. The third kappa shape index (κ3) is 2.32. The first-order valence-electron chi connectivity index (χ1n) is 4.56. The smallest absolute Gasteiger partial charge is 0.268 e. The average molecular weight is 241 g/mol. The molecular formula is C10H6F3N3O. The average Bonchev–Trinajstić information content (AvgIpc) is 2.28. The minimum atomic E-state index is -4.52. The van der Waals surface area contributed by atoms with Crippen LogP contribution in [0.3, 0.4) is 0 Å². The van der Waals surface area contributed by atoms with E-state index >= 15 is 0 Å². The van der Waals surface area contributed by atoms with E-state index in [1.165, 1.54) is 12.3 Å². The summed E-state index contributed by atoms with van der Waals surface area (Å²) in [6.07, 6.45) is -2.17. The van der Waals surface area contributed by atoms with Crippen molar-refractivity contribution < 1.29 is 13.2 Å². The van der Waals surface area contributed by atoms with Crippen molar-refractivity contribution >= 4 is 0 Å². The standard InChI is InChI=1S/C10H6F3N3O/c11-10(12,13)7-2-1-3-14-9(7)6-4-8(17)16-15-5-6/h1-5H,(H,16,17). The highest BCUT2D eigenvalue weighted by Crippen LogP contribution is 2.34. The van der Waals surface area contributed by atoms with Gasteiger partial charge in [-0.3, -0.25) is 9.78 Å². The van der Waals surface area contributed by atoms with Gasteiger partial charge in [-0.15, -0.1) is 0 Å². The molecule has 0 aliphatic heterocycles. The number of H-pyrrole nitrogens is 1. The Morgan fingerprint density at radius 2 is 2.06 bits per heavy atom. The summed E-state index contributed by atoms with van der Waals surface area (Å²) in [5, 5.41) is 5.52. The van der Waals surface area contributed by atoms with Crippen LogP contribution in [-0.2, 0) is 6.18 Å². The first-order chi connectivity index (χ1) is 7.98. The Hall–Kier alpha value is -2.18. The van der Waals surface area contributed by atoms with Gasteiger partial charge < -0.3 is 0 Å². The molecule has 0 aliphatic rings. The second-order valence-electron chi connectivity index (χ2n) is 3.23. The molecule has 0 bridgehead atoms. The van der Waals surface area contributed by atoms with Crippen LogP contribution in [0.1, 0.15) is 5.56 Å². The SMILES string of the molecule is O=c1cc(-c2ncccc2C(F)(F)F)cn[nH]1. The Labute approximate surface area is 93.1 Å². The Balaban J connectivity index is 2.64. The number of hydrogen-bond donors (Lipinski definition) is 1. The summed E-state index contributed by atoms with van der Waals surface area (Å²) >= 11 is 0. The van der Waals surface area contributed by atoms with E-state index in [4.69, 9.17) is 0 Å². The first-order valence-corrected chi connectivity index (χ1v) is 4.56. The van der Waals surface area contributed by atoms with Crippen molar-refractivity contribution in [3.63, 3.8) is 0 Å². The van der Waals surface area contributed by atoms with Gasteiger partial charge in [0.25, 0.3) is 5.56 Å². The summed E-state index contributed by atoms with van der Waals surface area (Å²) in [5.41, 5.74) is -1.76. The molecule has 0 saturated carbocycles. The van der Waals surface area contributed by atoms with E-state index in [9.17, 15) is 18.0 Å². The van der Waals surface area contributed by atoms with Gasteiger partial charge in [0.2, 0.25) is 0 Å². The fourth-order valence-corrected chi connectivity index (χ4v) is 1.37. The minimum Gasteiger partial charge on any atom is -0.268 e. The summed E-state index contributed by atoms with van der Waals surface area (Å²) < 4.78 is 38.1. The van der Waals surface area contributed by atoms with Gasteiger partial charge in [0.05, 0.1) is 17.5 Å². The van der Waals surface area contributed by atoms with Crippen LogP contribution < -0.4 is 5.56 Å². The Morgan fingerprint density at radius 1 is 1.29 bits per heavy atom. The highest BCUT2D eigenvalue weighted by Gasteiger charge is 2.34. The summed E-state index contributed by atoms with van der Waals surface area (Å²) in [6.45, 7) is 0. The molecule has 4 nitrogen and oxygen atoms in total. The zero-order valence-corrected chi connectivity index (χ0v) is 8.32. The van der Waals surface area contributed by atoms with Crippen LogP contribution in [0.5, 0.6) is 0 Å². The summed E-state index contributed by atoms with van der Waals surface area (Å²) in [6, 6.07) is 3.11. The molecule has 7 heteroatoms. The topological polar surface area (TPSA) is 58.6 Å². The van der Waals surface area contributed by atoms with Gasteiger partial charge >= 0.3 is 6.18 Å². The van der Waals surface area contributed by atoms with Gasteiger partial charge in [0.15, 0.2) is 0 Å². The third-order valence-electron chi connectivity index (χ3n) is 2.05. The van der Waals surface area contributed by atoms with Crippen LogP contribution in [0, 0.1) is 0 Å². The van der Waals surface area contributed by atoms with Gasteiger partial charge in [-0.25, -0.2) is 5.10 Å². The molecule has 2 aromatic heterocycles. The van der Waals surface area contributed by atoms with Gasteiger partial charge in [-0.2, -0.15) is 18.3 Å². The van der Waals surface area contributed by atoms with E-state index in [-0.39, 0.29) is 11.3 Å². The summed E-state index contributed by atoms with van der Waals surface area (Å²) in [4.78, 5) is 14.6. The third-order valence-corrected chi connectivity index (χ3v) is 2.05. The normalized spacial score (nSPS) is 11.5. The molecule has 0 fully saturated rings. The molecule has 1 N–H and O–H groups in total. The molecule has 2 aromatic rings. The van der Waals surface area contributed by atoms with E-state index in [1.54, 1.807) is 0 Å². The Morgan fingerprint density at radius 3 is 2.71 bits per heavy atom. The lowest BCUT2D eigenvalue weighted by Gasteiger charge is -2.10. The molecule has 0 unspecified atom stereocenters. The maximum atomic E-state index is 12.7. The fourth-order valence-electron chi connectivity index (χ4n) is 1.37. The summed E-state index contributed by atoms with van der Waals surface area (Å²) in [7, 11) is 0. The van der Waals surface area contributed by atoms with Crippen molar-refractivity contribution in [2.75, 3.05) is 0 Å². The van der Waals surface area contributed by atoms with Gasteiger partial charge in [-0.1, -0.05) is 0 Å². The zero-order chi connectivity index (χ0) is 12.5. The Bertz CT molecular complexity index is 592. The first kappa shape index (κ1) is 11.3. The van der Waals surface area contributed by atoms with Crippen LogP contribution in [0.15, 0.2) is 35.4 Å². The lowest BCUT2D eigenvalue weighted by Crippen LogP contribution is -2.11. The van der Waals surface area contributed by atoms with Gasteiger partial charge in [0.1, 0.15) is 0 Å². The van der Waals surface area contributed by atoms with Crippen LogP contribution in [0.2, 0.25) is 0 Å². The molecule has 0 aromatic carbocycles. The van der Waals surface area contributed by atoms with Crippen LogP contribution in [-0.4, -0.2) is 15.2 Å². The molecule has 0 atom stereocenters. The number of pyridine rings is 1. The van der Waals surface area contributed by atoms with Gasteiger partial charge in [0, 0.05) is 17.8 Å². The predicted molar refractivity (Wildman–Crippen MR) is 53.1 cm³/mol. The van der Waals surface area contributed by atoms with E-state index in [0.717, 1.165) is 18.3 Å². The van der Waals surface area contributed by atoms with Crippen molar-refractivity contribution in [3.05, 3.63) is 46.5 Å². The minimum absolute atomic E-state index is 0.0293. The zero-order valence-electron chi connectivity index (χ0n) is 8.32. The van der Waals surface area contributed by atoms with E-state index in [0.29, 0.717) is 0 Å². The van der Waals surface area contributed by atoms with Crippen molar-refractivity contribution in [2.45, 2.75) is 6.18 Å². The van der Waals surface area contributed by atoms with Crippen LogP contribution in [0.25, 0.3) is 11.3 Å². The number of rotatable bonds is 1. The largest absolute Gasteiger partial charge is 0.418 e. The molecule has 0 saturated heterocycles. The number of aromatic amines is 1. The second-order valence-corrected chi connectivity index (χ2v) is 3.23. The van der Waals surface area contributed by atoms with Crippen molar-refractivity contribution in [2.24, 2.45) is 0 Å². The monoisotopic (exact) mass is 241 g/mol. The lowest BCUT2D eigenvalue weighted by atomic mass is 10.1. The lowest BCUT2D eigenvalue weighted by molar-refractivity contribution is -0.137. The highest BCUT2D eigenvalue weighted by molar-refractivity contribution is 5.62. The van der Waals surface area contributed by atoms with E-state index < -0.39 is 17.3 Å². The predicted octanol–water partition coefficient (Wildman–Crippen LogP) is 1.85. The van der Waals surface area contributed by atoms with E-state index in [2.05, 4.69) is 15.2 Å². The van der Waals surface area contributed by atoms with Crippen LogP contribution >= 0.6 is 0 Å². The Kier molecular flexibility index (Phi) is 2.66. The molecule has 0 spiro atoms. The molecule has 0 amide bonds. The molecule has 2 rings (SSSR count). The van der Waals surface area contributed by atoms with Crippen molar-refractivity contribution in [3.8, 4) is 11.3 Å². The second kappa shape index (κ2) is 4.00. The molecule has 0 radical (unpaired) electrons. The molecular weight excluding hydrogens is 235 g/mol. The van der Waals surface area contributed by atoms with E-state index in [1.807, 2.05) is 0 Å². The molecule has 88 valence electrons. The molecule has 17 heavy (non-hydrogen) atoms. The van der Waals surface area contributed by atoms with Crippen molar-refractivity contribution in [1.82, 2.24) is 15.2 Å². The van der Waals surface area contributed by atoms with Crippen LogP contribution in [0.4, 0.5) is 13.2 Å². The number of aromatic nitrogens is 3. The van der Waals surface area contributed by atoms with Gasteiger partial charge in [-0.05, 0) is 12.1 Å². The number of halogens is 3. The number of alkyl halides is 3. The number of hydrogen-bond acceptors (Lipinski definition) is 3. The number of nitrogens with one attached hydrogen (secondary N) is 1. The number of nitrogens with zero attached hydrogens (tertiary/aromatic N) is 2.